The van der Waals surface area contributed by atoms with Crippen LogP contribution in [0, 0.1) is 5.92 Å². The molecule has 0 aliphatic rings. The standard InChI is InChI=1S/C17H27NO2/c1-5-18(10-11-19)17(20)14(4)16-8-6-15(7-9-16)12-13(2)3/h6-9,13-14,19H,5,10-12H2,1-4H3. The summed E-state index contributed by atoms with van der Waals surface area (Å²) in [6.45, 7) is 9.33. The Hall–Kier alpha value is -1.35. The molecule has 1 aromatic rings. The largest absolute Gasteiger partial charge is 0.395 e. The number of aliphatic hydroxyl groups is 1. The highest BCUT2D eigenvalue weighted by Gasteiger charge is 2.20. The summed E-state index contributed by atoms with van der Waals surface area (Å²) in [5.74, 6) is 0.563. The van der Waals surface area contributed by atoms with Crippen molar-refractivity contribution in [3.63, 3.8) is 0 Å². The number of carbonyl (C=O) groups excluding carboxylic acids is 1. The lowest BCUT2D eigenvalue weighted by Crippen LogP contribution is -2.36. The topological polar surface area (TPSA) is 40.5 Å². The van der Waals surface area contributed by atoms with Crippen LogP contribution in [0.4, 0.5) is 0 Å². The third kappa shape index (κ3) is 4.64. The molecule has 1 aromatic carbocycles. The zero-order valence-corrected chi connectivity index (χ0v) is 13.1. The summed E-state index contributed by atoms with van der Waals surface area (Å²) in [7, 11) is 0. The maximum atomic E-state index is 12.3. The van der Waals surface area contributed by atoms with Crippen LogP contribution in [0.25, 0.3) is 0 Å². The molecule has 112 valence electrons. The van der Waals surface area contributed by atoms with Gasteiger partial charge in [-0.05, 0) is 37.3 Å². The summed E-state index contributed by atoms with van der Waals surface area (Å²) < 4.78 is 0. The summed E-state index contributed by atoms with van der Waals surface area (Å²) in [6, 6.07) is 8.32. The molecule has 3 heteroatoms. The number of nitrogens with zero attached hydrogens (tertiary/aromatic N) is 1. The number of benzene rings is 1. The third-order valence-corrected chi connectivity index (χ3v) is 3.56. The summed E-state index contributed by atoms with van der Waals surface area (Å²) in [5, 5.41) is 9.00. The summed E-state index contributed by atoms with van der Waals surface area (Å²) in [6.07, 6.45) is 1.06. The van der Waals surface area contributed by atoms with E-state index in [2.05, 4.69) is 26.0 Å². The van der Waals surface area contributed by atoms with Crippen molar-refractivity contribution >= 4 is 5.91 Å². The van der Waals surface area contributed by atoms with Gasteiger partial charge in [0, 0.05) is 13.1 Å². The van der Waals surface area contributed by atoms with E-state index >= 15 is 0 Å². The fourth-order valence-electron chi connectivity index (χ4n) is 2.38. The van der Waals surface area contributed by atoms with Crippen LogP contribution in [0.5, 0.6) is 0 Å². The van der Waals surface area contributed by atoms with Crippen molar-refractivity contribution in [1.29, 1.82) is 0 Å². The van der Waals surface area contributed by atoms with E-state index in [1.54, 1.807) is 4.90 Å². The number of rotatable bonds is 7. The van der Waals surface area contributed by atoms with Gasteiger partial charge in [0.2, 0.25) is 5.91 Å². The Morgan fingerprint density at radius 3 is 2.25 bits per heavy atom. The van der Waals surface area contributed by atoms with Gasteiger partial charge in [-0.15, -0.1) is 0 Å². The van der Waals surface area contributed by atoms with Gasteiger partial charge in [0.05, 0.1) is 12.5 Å². The molecule has 0 aliphatic heterocycles. The van der Waals surface area contributed by atoms with Crippen molar-refractivity contribution in [1.82, 2.24) is 4.90 Å². The smallest absolute Gasteiger partial charge is 0.229 e. The monoisotopic (exact) mass is 277 g/mol. The van der Waals surface area contributed by atoms with E-state index in [1.165, 1.54) is 5.56 Å². The van der Waals surface area contributed by atoms with E-state index in [0.29, 0.717) is 19.0 Å². The predicted molar refractivity (Wildman–Crippen MR) is 82.7 cm³/mol. The number of aliphatic hydroxyl groups excluding tert-OH is 1. The lowest BCUT2D eigenvalue weighted by atomic mass is 9.96. The molecule has 0 bridgehead atoms. The minimum Gasteiger partial charge on any atom is -0.395 e. The lowest BCUT2D eigenvalue weighted by molar-refractivity contribution is -0.132. The van der Waals surface area contributed by atoms with E-state index in [0.717, 1.165) is 12.0 Å². The number of hydrogen-bond acceptors (Lipinski definition) is 2. The number of carbonyl (C=O) groups is 1. The highest BCUT2D eigenvalue weighted by molar-refractivity contribution is 5.83. The Balaban J connectivity index is 2.75. The van der Waals surface area contributed by atoms with Crippen molar-refractivity contribution in [2.45, 2.75) is 40.0 Å². The van der Waals surface area contributed by atoms with Crippen molar-refractivity contribution < 1.29 is 9.90 Å². The predicted octanol–water partition coefficient (Wildman–Crippen LogP) is 2.83. The van der Waals surface area contributed by atoms with Crippen molar-refractivity contribution in [2.24, 2.45) is 5.92 Å². The first kappa shape index (κ1) is 16.7. The Morgan fingerprint density at radius 2 is 1.80 bits per heavy atom. The Morgan fingerprint density at radius 1 is 1.20 bits per heavy atom. The number of likely N-dealkylation sites (N-methyl/N-ethyl adjacent to an activating group) is 1. The summed E-state index contributed by atoms with van der Waals surface area (Å²) in [5.41, 5.74) is 2.35. The molecule has 0 spiro atoms. The van der Waals surface area contributed by atoms with Crippen molar-refractivity contribution in [2.75, 3.05) is 19.7 Å². The maximum absolute atomic E-state index is 12.3. The van der Waals surface area contributed by atoms with Crippen molar-refractivity contribution in [3.8, 4) is 0 Å². The van der Waals surface area contributed by atoms with Gasteiger partial charge in [-0.25, -0.2) is 0 Å². The molecule has 3 nitrogen and oxygen atoms in total. The SMILES string of the molecule is CCN(CCO)C(=O)C(C)c1ccc(CC(C)C)cc1. The first-order chi connectivity index (χ1) is 9.49. The van der Waals surface area contributed by atoms with E-state index in [4.69, 9.17) is 5.11 Å². The van der Waals surface area contributed by atoms with Gasteiger partial charge in [0.25, 0.3) is 0 Å². The van der Waals surface area contributed by atoms with Crippen LogP contribution in [0.2, 0.25) is 0 Å². The Labute approximate surface area is 122 Å². The van der Waals surface area contributed by atoms with Gasteiger partial charge in [-0.3, -0.25) is 4.79 Å². The second-order valence-electron chi connectivity index (χ2n) is 5.70. The number of amides is 1. The lowest BCUT2D eigenvalue weighted by Gasteiger charge is -2.24. The van der Waals surface area contributed by atoms with Crippen LogP contribution in [-0.2, 0) is 11.2 Å². The Kier molecular flexibility index (Phi) is 6.73. The summed E-state index contributed by atoms with van der Waals surface area (Å²) >= 11 is 0. The van der Waals surface area contributed by atoms with E-state index in [1.807, 2.05) is 26.0 Å². The molecule has 0 heterocycles. The molecule has 0 aliphatic carbocycles. The van der Waals surface area contributed by atoms with Crippen LogP contribution < -0.4 is 0 Å². The number of hydrogen-bond donors (Lipinski definition) is 1. The minimum absolute atomic E-state index is 0.0135. The van der Waals surface area contributed by atoms with Gasteiger partial charge < -0.3 is 10.0 Å². The van der Waals surface area contributed by atoms with Gasteiger partial charge >= 0.3 is 0 Å². The molecule has 0 radical (unpaired) electrons. The zero-order valence-electron chi connectivity index (χ0n) is 13.1. The van der Waals surface area contributed by atoms with Crippen LogP contribution in [0.1, 0.15) is 44.7 Å². The Bertz CT molecular complexity index is 412. The molecule has 1 unspecified atom stereocenters. The molecule has 1 N–H and O–H groups in total. The molecule has 1 rings (SSSR count). The average Bonchev–Trinajstić information content (AvgIpc) is 2.43. The van der Waals surface area contributed by atoms with E-state index in [-0.39, 0.29) is 18.4 Å². The maximum Gasteiger partial charge on any atom is 0.229 e. The quantitative estimate of drug-likeness (QED) is 0.832. The molecule has 20 heavy (non-hydrogen) atoms. The normalized spacial score (nSPS) is 12.5. The molecule has 1 amide bonds. The highest BCUT2D eigenvalue weighted by Crippen LogP contribution is 2.19. The van der Waals surface area contributed by atoms with Crippen LogP contribution in [0.3, 0.4) is 0 Å². The second kappa shape index (κ2) is 8.05. The van der Waals surface area contributed by atoms with Crippen LogP contribution in [-0.4, -0.2) is 35.6 Å². The van der Waals surface area contributed by atoms with Gasteiger partial charge in [-0.1, -0.05) is 38.1 Å². The molecule has 1 atom stereocenters. The van der Waals surface area contributed by atoms with Gasteiger partial charge in [0.15, 0.2) is 0 Å². The average molecular weight is 277 g/mol. The highest BCUT2D eigenvalue weighted by atomic mass is 16.3. The van der Waals surface area contributed by atoms with Crippen LogP contribution >= 0.6 is 0 Å². The van der Waals surface area contributed by atoms with E-state index in [9.17, 15) is 4.79 Å². The minimum atomic E-state index is -0.158. The molecular formula is C17H27NO2. The molecule has 0 saturated carbocycles. The second-order valence-corrected chi connectivity index (χ2v) is 5.70. The molecular weight excluding hydrogens is 250 g/mol. The zero-order chi connectivity index (χ0) is 15.1. The first-order valence-corrected chi connectivity index (χ1v) is 7.48. The molecule has 0 saturated heterocycles. The first-order valence-electron chi connectivity index (χ1n) is 7.48. The fourth-order valence-corrected chi connectivity index (χ4v) is 2.38. The van der Waals surface area contributed by atoms with Gasteiger partial charge in [-0.2, -0.15) is 0 Å². The van der Waals surface area contributed by atoms with Crippen molar-refractivity contribution in [3.05, 3.63) is 35.4 Å². The molecule has 0 aromatic heterocycles. The van der Waals surface area contributed by atoms with E-state index < -0.39 is 0 Å². The van der Waals surface area contributed by atoms with Crippen LogP contribution in [0.15, 0.2) is 24.3 Å². The summed E-state index contributed by atoms with van der Waals surface area (Å²) in [4.78, 5) is 14.0. The fraction of sp³-hybridized carbons (Fsp3) is 0.588. The van der Waals surface area contributed by atoms with Gasteiger partial charge in [0.1, 0.15) is 0 Å². The third-order valence-electron chi connectivity index (χ3n) is 3.56. The molecule has 0 fully saturated rings.